The molecule has 3 rings (SSSR count). The Bertz CT molecular complexity index is 855. The van der Waals surface area contributed by atoms with Gasteiger partial charge in [0, 0.05) is 6.42 Å². The van der Waals surface area contributed by atoms with Crippen LogP contribution in [0.2, 0.25) is 0 Å². The van der Waals surface area contributed by atoms with Crippen molar-refractivity contribution in [3.63, 3.8) is 0 Å². The van der Waals surface area contributed by atoms with Gasteiger partial charge in [-0.3, -0.25) is 4.79 Å². The summed E-state index contributed by atoms with van der Waals surface area (Å²) in [6, 6.07) is 24.1. The number of halogens is 1. The number of rotatable bonds is 5. The molecule has 0 heterocycles. The Morgan fingerprint density at radius 1 is 0.920 bits per heavy atom. The Morgan fingerprint density at radius 3 is 2.32 bits per heavy atom. The maximum Gasteiger partial charge on any atom is 0.311 e. The van der Waals surface area contributed by atoms with E-state index in [1.807, 2.05) is 48.5 Å². The van der Waals surface area contributed by atoms with Gasteiger partial charge in [0.05, 0.1) is 4.47 Å². The average Bonchev–Trinajstić information content (AvgIpc) is 2.64. The zero-order valence-corrected chi connectivity index (χ0v) is 15.6. The predicted molar refractivity (Wildman–Crippen MR) is 105 cm³/mol. The molecule has 25 heavy (non-hydrogen) atoms. The largest absolute Gasteiger partial charge is 0.425 e. The molecule has 0 aliphatic heterocycles. The summed E-state index contributed by atoms with van der Waals surface area (Å²) in [5, 5.41) is 0. The molecule has 0 aliphatic carbocycles. The SMILES string of the molecule is Cc1ccc(CCC(=O)Oc2ccc(-c3ccccc3)cc2Br)cc1. The molecule has 3 aromatic rings. The standard InChI is InChI=1S/C22H19BrO2/c1-16-7-9-17(10-8-16)11-14-22(24)25-21-13-12-19(15-20(21)23)18-5-3-2-4-6-18/h2-10,12-13,15H,11,14H2,1H3. The van der Waals surface area contributed by atoms with E-state index in [0.29, 0.717) is 18.6 Å². The first-order valence-electron chi connectivity index (χ1n) is 8.23. The Kier molecular flexibility index (Phi) is 5.67. The molecule has 3 aromatic carbocycles. The van der Waals surface area contributed by atoms with Crippen LogP contribution in [-0.4, -0.2) is 5.97 Å². The average molecular weight is 395 g/mol. The van der Waals surface area contributed by atoms with Gasteiger partial charge in [0.25, 0.3) is 0 Å². The van der Waals surface area contributed by atoms with Crippen molar-refractivity contribution in [1.29, 1.82) is 0 Å². The molecule has 0 amide bonds. The van der Waals surface area contributed by atoms with Crippen molar-refractivity contribution >= 4 is 21.9 Å². The minimum absolute atomic E-state index is 0.228. The van der Waals surface area contributed by atoms with Crippen molar-refractivity contribution in [2.45, 2.75) is 19.8 Å². The van der Waals surface area contributed by atoms with Crippen molar-refractivity contribution in [1.82, 2.24) is 0 Å². The van der Waals surface area contributed by atoms with Gasteiger partial charge >= 0.3 is 5.97 Å². The zero-order valence-electron chi connectivity index (χ0n) is 14.0. The van der Waals surface area contributed by atoms with Gasteiger partial charge in [-0.25, -0.2) is 0 Å². The van der Waals surface area contributed by atoms with Gasteiger partial charge < -0.3 is 4.74 Å². The first-order valence-corrected chi connectivity index (χ1v) is 9.02. The van der Waals surface area contributed by atoms with Gasteiger partial charge in [0.2, 0.25) is 0 Å². The van der Waals surface area contributed by atoms with Gasteiger partial charge in [-0.15, -0.1) is 0 Å². The summed E-state index contributed by atoms with van der Waals surface area (Å²) in [6.45, 7) is 2.05. The minimum atomic E-state index is -0.228. The highest BCUT2D eigenvalue weighted by molar-refractivity contribution is 9.10. The first kappa shape index (κ1) is 17.4. The summed E-state index contributed by atoms with van der Waals surface area (Å²) in [7, 11) is 0. The molecule has 2 nitrogen and oxygen atoms in total. The topological polar surface area (TPSA) is 26.3 Å². The second-order valence-corrected chi connectivity index (χ2v) is 6.83. The molecule has 0 fully saturated rings. The Hall–Kier alpha value is -2.39. The molecule has 0 N–H and O–H groups in total. The summed E-state index contributed by atoms with van der Waals surface area (Å²) >= 11 is 3.50. The molecular weight excluding hydrogens is 376 g/mol. The molecule has 0 unspecified atom stereocenters. The smallest absolute Gasteiger partial charge is 0.311 e. The molecule has 0 radical (unpaired) electrons. The van der Waals surface area contributed by atoms with Crippen LogP contribution in [0.4, 0.5) is 0 Å². The van der Waals surface area contributed by atoms with E-state index >= 15 is 0 Å². The zero-order chi connectivity index (χ0) is 17.6. The van der Waals surface area contributed by atoms with Crippen LogP contribution in [0, 0.1) is 6.92 Å². The number of carbonyl (C=O) groups is 1. The van der Waals surface area contributed by atoms with E-state index < -0.39 is 0 Å². The quantitative estimate of drug-likeness (QED) is 0.393. The van der Waals surface area contributed by atoms with Crippen molar-refractivity contribution in [2.75, 3.05) is 0 Å². The molecule has 0 aromatic heterocycles. The summed E-state index contributed by atoms with van der Waals surface area (Å²) in [5.41, 5.74) is 4.56. The third kappa shape index (κ3) is 4.80. The van der Waals surface area contributed by atoms with Crippen LogP contribution in [-0.2, 0) is 11.2 Å². The van der Waals surface area contributed by atoms with Gasteiger partial charge in [-0.1, -0.05) is 66.2 Å². The molecule has 126 valence electrons. The molecule has 3 heteroatoms. The van der Waals surface area contributed by atoms with Crippen LogP contribution in [0.1, 0.15) is 17.5 Å². The number of hydrogen-bond acceptors (Lipinski definition) is 2. The van der Waals surface area contributed by atoms with Gasteiger partial charge in [-0.05, 0) is 58.1 Å². The van der Waals surface area contributed by atoms with Crippen LogP contribution in [0.25, 0.3) is 11.1 Å². The monoisotopic (exact) mass is 394 g/mol. The number of ether oxygens (including phenoxy) is 1. The first-order chi connectivity index (χ1) is 12.1. The van der Waals surface area contributed by atoms with E-state index in [1.54, 1.807) is 0 Å². The summed E-state index contributed by atoms with van der Waals surface area (Å²) in [4.78, 5) is 12.1. The van der Waals surface area contributed by atoms with Crippen LogP contribution < -0.4 is 4.74 Å². The van der Waals surface area contributed by atoms with Crippen molar-refractivity contribution < 1.29 is 9.53 Å². The van der Waals surface area contributed by atoms with E-state index in [4.69, 9.17) is 4.74 Å². The van der Waals surface area contributed by atoms with Crippen LogP contribution in [0.5, 0.6) is 5.75 Å². The highest BCUT2D eigenvalue weighted by Crippen LogP contribution is 2.31. The number of aryl methyl sites for hydroxylation is 2. The fraction of sp³-hybridized carbons (Fsp3) is 0.136. The lowest BCUT2D eigenvalue weighted by Crippen LogP contribution is -2.09. The lowest BCUT2D eigenvalue weighted by Gasteiger charge is -2.09. The maximum absolute atomic E-state index is 12.1. The Labute approximate surface area is 156 Å². The maximum atomic E-state index is 12.1. The number of benzene rings is 3. The molecule has 0 atom stereocenters. The van der Waals surface area contributed by atoms with Crippen LogP contribution in [0.15, 0.2) is 77.3 Å². The minimum Gasteiger partial charge on any atom is -0.425 e. The summed E-state index contributed by atoms with van der Waals surface area (Å²) < 4.78 is 6.27. The third-order valence-corrected chi connectivity index (χ3v) is 4.62. The molecule has 0 saturated heterocycles. The highest BCUT2D eigenvalue weighted by atomic mass is 79.9. The van der Waals surface area contributed by atoms with Crippen molar-refractivity contribution in [3.05, 3.63) is 88.4 Å². The third-order valence-electron chi connectivity index (χ3n) is 4.00. The van der Waals surface area contributed by atoms with E-state index in [1.165, 1.54) is 5.56 Å². The lowest BCUT2D eigenvalue weighted by molar-refractivity contribution is -0.134. The van der Waals surface area contributed by atoms with E-state index in [9.17, 15) is 4.79 Å². The molecular formula is C22H19BrO2. The number of hydrogen-bond donors (Lipinski definition) is 0. The molecule has 0 spiro atoms. The van der Waals surface area contributed by atoms with Crippen LogP contribution in [0.3, 0.4) is 0 Å². The van der Waals surface area contributed by atoms with Gasteiger partial charge in [0.15, 0.2) is 0 Å². The molecule has 0 saturated carbocycles. The van der Waals surface area contributed by atoms with Crippen LogP contribution >= 0.6 is 15.9 Å². The summed E-state index contributed by atoms with van der Waals surface area (Å²) in [5.74, 6) is 0.322. The van der Waals surface area contributed by atoms with E-state index in [2.05, 4.69) is 47.1 Å². The Morgan fingerprint density at radius 2 is 1.64 bits per heavy atom. The van der Waals surface area contributed by atoms with E-state index in [-0.39, 0.29) is 5.97 Å². The lowest BCUT2D eigenvalue weighted by atomic mass is 10.1. The van der Waals surface area contributed by atoms with Crippen molar-refractivity contribution in [2.24, 2.45) is 0 Å². The summed E-state index contributed by atoms with van der Waals surface area (Å²) in [6.07, 6.45) is 1.04. The fourth-order valence-electron chi connectivity index (χ4n) is 2.57. The number of esters is 1. The second kappa shape index (κ2) is 8.13. The van der Waals surface area contributed by atoms with Crippen molar-refractivity contribution in [3.8, 4) is 16.9 Å². The highest BCUT2D eigenvalue weighted by Gasteiger charge is 2.10. The normalized spacial score (nSPS) is 10.5. The van der Waals surface area contributed by atoms with E-state index in [0.717, 1.165) is 21.2 Å². The fourth-order valence-corrected chi connectivity index (χ4v) is 3.03. The Balaban J connectivity index is 1.62. The van der Waals surface area contributed by atoms with Gasteiger partial charge in [0.1, 0.15) is 5.75 Å². The predicted octanol–water partition coefficient (Wildman–Crippen LogP) is 5.96. The molecule has 0 aliphatic rings. The van der Waals surface area contributed by atoms with Gasteiger partial charge in [-0.2, -0.15) is 0 Å². The number of carbonyl (C=O) groups excluding carboxylic acids is 1. The second-order valence-electron chi connectivity index (χ2n) is 5.97. The molecule has 0 bridgehead atoms.